The number of ether oxygens (including phenoxy) is 4. The molecule has 2 fully saturated rings. The van der Waals surface area contributed by atoms with Crippen LogP contribution in [0.5, 0.6) is 23.0 Å². The molecule has 0 amide bonds. The number of methoxy groups -OCH3 is 3. The lowest BCUT2D eigenvalue weighted by Crippen LogP contribution is -2.34. The van der Waals surface area contributed by atoms with Gasteiger partial charge < -0.3 is 23.8 Å². The van der Waals surface area contributed by atoms with Crippen molar-refractivity contribution in [3.63, 3.8) is 0 Å². The number of benzene rings is 2. The fraction of sp³-hybridized carbons (Fsp3) is 0.586. The van der Waals surface area contributed by atoms with Gasteiger partial charge in [0, 0.05) is 25.0 Å². The fourth-order valence-electron chi connectivity index (χ4n) is 6.23. The Morgan fingerprint density at radius 2 is 1.60 bits per heavy atom. The number of nitrogens with zero attached hydrogens (tertiary/aromatic N) is 2. The number of fused-ring (bicyclic) bond motifs is 3. The molecule has 0 aliphatic carbocycles. The molecule has 0 spiro atoms. The molecule has 0 saturated carbocycles. The maximum atomic E-state index is 6.25. The van der Waals surface area contributed by atoms with Crippen LogP contribution in [-0.2, 0) is 0 Å². The molecule has 0 radical (unpaired) electrons. The molecule has 3 heterocycles. The van der Waals surface area contributed by atoms with Crippen molar-refractivity contribution >= 4 is 0 Å². The molecule has 2 saturated heterocycles. The Hall–Kier alpha value is -2.44. The van der Waals surface area contributed by atoms with Gasteiger partial charge in [0.05, 0.1) is 27.9 Å². The van der Waals surface area contributed by atoms with E-state index < -0.39 is 0 Å². The number of hydrogen-bond donors (Lipinski definition) is 0. The molecule has 190 valence electrons. The van der Waals surface area contributed by atoms with Crippen LogP contribution in [0.2, 0.25) is 0 Å². The number of likely N-dealkylation sites (tertiary alicyclic amines) is 1. The van der Waals surface area contributed by atoms with Crippen molar-refractivity contribution in [3.05, 3.63) is 47.0 Å². The smallest absolute Gasteiger partial charge is 0.203 e. The summed E-state index contributed by atoms with van der Waals surface area (Å²) in [5, 5.41) is 0. The Bertz CT molecular complexity index is 979. The van der Waals surface area contributed by atoms with Gasteiger partial charge in [-0.05, 0) is 92.7 Å². The summed E-state index contributed by atoms with van der Waals surface area (Å²) >= 11 is 0. The molecule has 6 heteroatoms. The number of rotatable bonds is 9. The Morgan fingerprint density at radius 1 is 0.829 bits per heavy atom. The van der Waals surface area contributed by atoms with Gasteiger partial charge in [-0.2, -0.15) is 0 Å². The number of hydrogen-bond acceptors (Lipinski definition) is 6. The SMILES string of the molecule is COc1cc([C@H]2CN3CCC[C@@H]3c3cc(OCCCN4CCCCC4)ccc32)cc(OC)c1OC. The zero-order chi connectivity index (χ0) is 24.2. The van der Waals surface area contributed by atoms with E-state index in [9.17, 15) is 0 Å². The minimum atomic E-state index is 0.251. The van der Waals surface area contributed by atoms with Gasteiger partial charge in [0.15, 0.2) is 11.5 Å². The van der Waals surface area contributed by atoms with Crippen LogP contribution in [0.3, 0.4) is 0 Å². The van der Waals surface area contributed by atoms with Crippen LogP contribution in [0.15, 0.2) is 30.3 Å². The van der Waals surface area contributed by atoms with Crippen molar-refractivity contribution in [3.8, 4) is 23.0 Å². The van der Waals surface area contributed by atoms with E-state index in [1.807, 2.05) is 0 Å². The van der Waals surface area contributed by atoms with Gasteiger partial charge in [-0.1, -0.05) is 12.5 Å². The second kappa shape index (κ2) is 11.1. The Kier molecular flexibility index (Phi) is 7.69. The topological polar surface area (TPSA) is 43.4 Å². The lowest BCUT2D eigenvalue weighted by molar-refractivity contribution is 0.204. The lowest BCUT2D eigenvalue weighted by Gasteiger charge is -2.38. The first-order valence-corrected chi connectivity index (χ1v) is 13.2. The molecule has 0 aromatic heterocycles. The largest absolute Gasteiger partial charge is 0.494 e. The molecular formula is C29H40N2O4. The van der Waals surface area contributed by atoms with Crippen LogP contribution in [0.4, 0.5) is 0 Å². The van der Waals surface area contributed by atoms with Gasteiger partial charge in [-0.3, -0.25) is 4.90 Å². The molecule has 2 aromatic carbocycles. The van der Waals surface area contributed by atoms with E-state index in [1.54, 1.807) is 21.3 Å². The monoisotopic (exact) mass is 480 g/mol. The summed E-state index contributed by atoms with van der Waals surface area (Å²) in [6.07, 6.45) is 7.62. The summed E-state index contributed by atoms with van der Waals surface area (Å²) < 4.78 is 23.1. The van der Waals surface area contributed by atoms with Crippen molar-refractivity contribution in [1.82, 2.24) is 9.80 Å². The van der Waals surface area contributed by atoms with Crippen molar-refractivity contribution in [1.29, 1.82) is 0 Å². The first-order valence-electron chi connectivity index (χ1n) is 13.2. The molecule has 35 heavy (non-hydrogen) atoms. The normalized spacial score (nSPS) is 22.4. The molecule has 2 atom stereocenters. The van der Waals surface area contributed by atoms with E-state index in [1.165, 1.54) is 61.9 Å². The third-order valence-electron chi connectivity index (χ3n) is 8.00. The molecule has 3 aliphatic heterocycles. The van der Waals surface area contributed by atoms with Gasteiger partial charge in [-0.25, -0.2) is 0 Å². The Morgan fingerprint density at radius 3 is 2.31 bits per heavy atom. The quantitative estimate of drug-likeness (QED) is 0.457. The zero-order valence-corrected chi connectivity index (χ0v) is 21.6. The standard InChI is InChI=1S/C29H40N2O4/c1-32-27-17-21(18-28(33-2)29(27)34-3)25-20-31-15-7-9-26(31)24-19-22(10-11-23(24)25)35-16-8-14-30-12-5-4-6-13-30/h10-11,17-19,25-26H,4-9,12-16,20H2,1-3H3/t25-,26-/m1/s1. The van der Waals surface area contributed by atoms with Crippen molar-refractivity contribution in [2.45, 2.75) is 50.5 Å². The van der Waals surface area contributed by atoms with E-state index in [4.69, 9.17) is 18.9 Å². The third kappa shape index (κ3) is 5.10. The molecule has 0 bridgehead atoms. The fourth-order valence-corrected chi connectivity index (χ4v) is 6.23. The van der Waals surface area contributed by atoms with E-state index in [0.29, 0.717) is 23.3 Å². The van der Waals surface area contributed by atoms with E-state index in [-0.39, 0.29) is 5.92 Å². The van der Waals surface area contributed by atoms with Crippen molar-refractivity contribution in [2.24, 2.45) is 0 Å². The summed E-state index contributed by atoms with van der Waals surface area (Å²) in [7, 11) is 5.02. The van der Waals surface area contributed by atoms with Crippen LogP contribution in [-0.4, -0.2) is 70.5 Å². The highest BCUT2D eigenvalue weighted by Gasteiger charge is 2.37. The third-order valence-corrected chi connectivity index (χ3v) is 8.00. The van der Waals surface area contributed by atoms with E-state index >= 15 is 0 Å². The van der Waals surface area contributed by atoms with Gasteiger partial charge in [0.1, 0.15) is 5.75 Å². The first kappa shape index (κ1) is 24.3. The summed E-state index contributed by atoms with van der Waals surface area (Å²) in [4.78, 5) is 5.22. The minimum Gasteiger partial charge on any atom is -0.494 e. The zero-order valence-electron chi connectivity index (χ0n) is 21.6. The van der Waals surface area contributed by atoms with Crippen LogP contribution < -0.4 is 18.9 Å². The summed E-state index contributed by atoms with van der Waals surface area (Å²) in [6.45, 7) is 6.57. The molecule has 2 aromatic rings. The van der Waals surface area contributed by atoms with Gasteiger partial charge in [0.25, 0.3) is 0 Å². The first-order chi connectivity index (χ1) is 17.2. The maximum Gasteiger partial charge on any atom is 0.203 e. The number of piperidine rings is 1. The van der Waals surface area contributed by atoms with E-state index in [0.717, 1.165) is 38.4 Å². The Balaban J connectivity index is 1.37. The average Bonchev–Trinajstić information content (AvgIpc) is 3.39. The highest BCUT2D eigenvalue weighted by molar-refractivity contribution is 5.57. The van der Waals surface area contributed by atoms with Crippen LogP contribution >= 0.6 is 0 Å². The van der Waals surface area contributed by atoms with Gasteiger partial charge in [0.2, 0.25) is 5.75 Å². The van der Waals surface area contributed by atoms with Gasteiger partial charge in [-0.15, -0.1) is 0 Å². The summed E-state index contributed by atoms with van der Waals surface area (Å²) in [5.41, 5.74) is 4.01. The van der Waals surface area contributed by atoms with Crippen LogP contribution in [0.1, 0.15) is 67.2 Å². The lowest BCUT2D eigenvalue weighted by atomic mass is 9.81. The predicted molar refractivity (Wildman–Crippen MR) is 138 cm³/mol. The highest BCUT2D eigenvalue weighted by Crippen LogP contribution is 2.48. The average molecular weight is 481 g/mol. The highest BCUT2D eigenvalue weighted by atomic mass is 16.5. The maximum absolute atomic E-state index is 6.25. The summed E-state index contributed by atoms with van der Waals surface area (Å²) in [6, 6.07) is 11.5. The van der Waals surface area contributed by atoms with Crippen LogP contribution in [0.25, 0.3) is 0 Å². The predicted octanol–water partition coefficient (Wildman–Crippen LogP) is 5.25. The molecular weight excluding hydrogens is 440 g/mol. The molecule has 0 N–H and O–H groups in total. The van der Waals surface area contributed by atoms with Gasteiger partial charge >= 0.3 is 0 Å². The Labute approximate surface area is 210 Å². The molecule has 3 aliphatic rings. The summed E-state index contributed by atoms with van der Waals surface area (Å²) in [5.74, 6) is 3.31. The van der Waals surface area contributed by atoms with E-state index in [2.05, 4.69) is 40.1 Å². The second-order valence-corrected chi connectivity index (χ2v) is 10.1. The van der Waals surface area contributed by atoms with Crippen molar-refractivity contribution in [2.75, 3.05) is 60.7 Å². The molecule has 0 unspecified atom stereocenters. The van der Waals surface area contributed by atoms with Crippen molar-refractivity contribution < 1.29 is 18.9 Å². The molecule has 5 rings (SSSR count). The minimum absolute atomic E-state index is 0.251. The molecule has 6 nitrogen and oxygen atoms in total. The second-order valence-electron chi connectivity index (χ2n) is 10.1. The van der Waals surface area contributed by atoms with Crippen LogP contribution in [0, 0.1) is 0 Å².